The lowest BCUT2D eigenvalue weighted by atomic mass is 10.2. The molecule has 26 heavy (non-hydrogen) atoms. The van der Waals surface area contributed by atoms with Crippen molar-refractivity contribution in [3.8, 4) is 5.69 Å². The first kappa shape index (κ1) is 18.6. The number of carbonyl (C=O) groups is 1. The van der Waals surface area contributed by atoms with Gasteiger partial charge in [0, 0.05) is 44.5 Å². The van der Waals surface area contributed by atoms with Gasteiger partial charge in [-0.3, -0.25) is 4.79 Å². The maximum absolute atomic E-state index is 12.3. The molecule has 2 aromatic rings. The number of aryl methyl sites for hydroxylation is 1. The fraction of sp³-hybridized carbons (Fsp3) is 0.500. The van der Waals surface area contributed by atoms with E-state index >= 15 is 0 Å². The number of hydrogen-bond donors (Lipinski definition) is 1. The fourth-order valence-electron chi connectivity index (χ4n) is 3.26. The van der Waals surface area contributed by atoms with Crippen molar-refractivity contribution < 1.29 is 4.79 Å². The van der Waals surface area contributed by atoms with Crippen LogP contribution in [0.25, 0.3) is 5.69 Å². The first-order valence-corrected chi connectivity index (χ1v) is 9.50. The minimum atomic E-state index is -0.0102. The van der Waals surface area contributed by atoms with Crippen molar-refractivity contribution in [3.05, 3.63) is 47.8 Å². The highest BCUT2D eigenvalue weighted by molar-refractivity contribution is 5.94. The number of likely N-dealkylation sites (N-methyl/N-ethyl adjacent to an activating group) is 1. The van der Waals surface area contributed by atoms with Crippen LogP contribution in [0, 0.1) is 6.92 Å². The summed E-state index contributed by atoms with van der Waals surface area (Å²) >= 11 is 0. The zero-order valence-corrected chi connectivity index (χ0v) is 15.8. The first-order valence-electron chi connectivity index (χ1n) is 9.50. The summed E-state index contributed by atoms with van der Waals surface area (Å²) in [6.07, 6.45) is 4.78. The van der Waals surface area contributed by atoms with Crippen molar-refractivity contribution in [1.29, 1.82) is 0 Å². The van der Waals surface area contributed by atoms with E-state index in [1.54, 1.807) is 0 Å². The maximum Gasteiger partial charge on any atom is 0.251 e. The largest absolute Gasteiger partial charge is 0.352 e. The van der Waals surface area contributed by atoms with Crippen molar-refractivity contribution in [3.63, 3.8) is 0 Å². The molecule has 0 unspecified atom stereocenters. The van der Waals surface area contributed by atoms with Crippen molar-refractivity contribution in [2.45, 2.75) is 20.3 Å². The smallest absolute Gasteiger partial charge is 0.251 e. The molecule has 3 rings (SSSR count). The van der Waals surface area contributed by atoms with Crippen LogP contribution < -0.4 is 5.32 Å². The van der Waals surface area contributed by atoms with Crippen molar-refractivity contribution >= 4 is 5.91 Å². The molecule has 1 aliphatic rings. The minimum absolute atomic E-state index is 0.0102. The lowest BCUT2D eigenvalue weighted by Crippen LogP contribution is -2.46. The van der Waals surface area contributed by atoms with E-state index in [0.29, 0.717) is 12.1 Å². The summed E-state index contributed by atoms with van der Waals surface area (Å²) < 4.78 is 1.81. The summed E-state index contributed by atoms with van der Waals surface area (Å²) in [5.74, 6) is -0.0102. The molecule has 1 saturated heterocycles. The molecular formula is C20H29N5O. The van der Waals surface area contributed by atoms with E-state index in [9.17, 15) is 4.79 Å². The Bertz CT molecular complexity index is 701. The van der Waals surface area contributed by atoms with Gasteiger partial charge < -0.3 is 15.1 Å². The maximum atomic E-state index is 12.3. The van der Waals surface area contributed by atoms with Gasteiger partial charge >= 0.3 is 0 Å². The van der Waals surface area contributed by atoms with Crippen LogP contribution in [-0.2, 0) is 0 Å². The van der Waals surface area contributed by atoms with E-state index in [2.05, 4.69) is 27.1 Å². The number of rotatable bonds is 7. The lowest BCUT2D eigenvalue weighted by Gasteiger charge is -2.33. The van der Waals surface area contributed by atoms with Crippen LogP contribution >= 0.6 is 0 Å². The average molecular weight is 355 g/mol. The molecule has 0 saturated carbocycles. The van der Waals surface area contributed by atoms with E-state index in [4.69, 9.17) is 0 Å². The number of benzene rings is 1. The number of nitrogens with zero attached hydrogens (tertiary/aromatic N) is 4. The zero-order chi connectivity index (χ0) is 18.4. The third-order valence-electron chi connectivity index (χ3n) is 4.95. The molecule has 0 spiro atoms. The fourth-order valence-corrected chi connectivity index (χ4v) is 3.26. The highest BCUT2D eigenvalue weighted by Gasteiger charge is 2.14. The standard InChI is InChI=1S/C20H29N5O/c1-3-23-11-13-24(14-12-23)10-4-9-21-20(26)18-5-7-19(8-6-18)25-16-17(2)15-22-25/h5-8,15-16H,3-4,9-14H2,1-2H3,(H,21,26). The highest BCUT2D eigenvalue weighted by Crippen LogP contribution is 2.10. The Balaban J connectivity index is 1.40. The summed E-state index contributed by atoms with van der Waals surface area (Å²) in [5, 5.41) is 7.31. The summed E-state index contributed by atoms with van der Waals surface area (Å²) in [7, 11) is 0. The van der Waals surface area contributed by atoms with Gasteiger partial charge in [0.1, 0.15) is 0 Å². The Morgan fingerprint density at radius 1 is 1.12 bits per heavy atom. The molecule has 0 atom stereocenters. The van der Waals surface area contributed by atoms with Gasteiger partial charge in [0.2, 0.25) is 0 Å². The van der Waals surface area contributed by atoms with Crippen LogP contribution in [0.4, 0.5) is 0 Å². The summed E-state index contributed by atoms with van der Waals surface area (Å²) in [4.78, 5) is 17.2. The Morgan fingerprint density at radius 2 is 1.81 bits per heavy atom. The molecule has 6 heteroatoms. The Hall–Kier alpha value is -2.18. The van der Waals surface area contributed by atoms with E-state index in [1.807, 2.05) is 48.3 Å². The second kappa shape index (κ2) is 8.96. The van der Waals surface area contributed by atoms with Crippen LogP contribution in [-0.4, -0.2) is 71.3 Å². The number of piperazine rings is 1. The van der Waals surface area contributed by atoms with E-state index < -0.39 is 0 Å². The normalized spacial score (nSPS) is 15.9. The van der Waals surface area contributed by atoms with Gasteiger partial charge in [-0.25, -0.2) is 4.68 Å². The van der Waals surface area contributed by atoms with Gasteiger partial charge in [-0.1, -0.05) is 6.92 Å². The van der Waals surface area contributed by atoms with Crippen LogP contribution in [0.1, 0.15) is 29.3 Å². The van der Waals surface area contributed by atoms with Crippen molar-refractivity contribution in [2.75, 3.05) is 45.8 Å². The van der Waals surface area contributed by atoms with Gasteiger partial charge in [0.25, 0.3) is 5.91 Å². The van der Waals surface area contributed by atoms with Crippen LogP contribution in [0.15, 0.2) is 36.7 Å². The molecule has 1 aliphatic heterocycles. The predicted octanol–water partition coefficient (Wildman–Crippen LogP) is 1.94. The molecule has 0 radical (unpaired) electrons. The molecule has 140 valence electrons. The summed E-state index contributed by atoms with van der Waals surface area (Å²) in [6.45, 7) is 11.7. The first-order chi connectivity index (χ1) is 12.7. The Morgan fingerprint density at radius 3 is 2.42 bits per heavy atom. The van der Waals surface area contributed by atoms with Crippen LogP contribution in [0.3, 0.4) is 0 Å². The third kappa shape index (κ3) is 4.93. The molecule has 1 aromatic carbocycles. The number of carbonyl (C=O) groups excluding carboxylic acids is 1. The molecule has 1 N–H and O–H groups in total. The van der Waals surface area contributed by atoms with Gasteiger partial charge in [-0.05, 0) is 56.3 Å². The molecule has 1 fully saturated rings. The number of amides is 1. The lowest BCUT2D eigenvalue weighted by molar-refractivity contribution is 0.0948. The topological polar surface area (TPSA) is 53.4 Å². The van der Waals surface area contributed by atoms with Gasteiger partial charge in [-0.15, -0.1) is 0 Å². The Kier molecular flexibility index (Phi) is 6.41. The molecule has 0 aliphatic carbocycles. The molecule has 2 heterocycles. The van der Waals surface area contributed by atoms with E-state index in [0.717, 1.165) is 56.9 Å². The van der Waals surface area contributed by atoms with Crippen molar-refractivity contribution in [2.24, 2.45) is 0 Å². The number of hydrogen-bond acceptors (Lipinski definition) is 4. The average Bonchev–Trinajstić information content (AvgIpc) is 3.12. The molecular weight excluding hydrogens is 326 g/mol. The van der Waals surface area contributed by atoms with Crippen LogP contribution in [0.5, 0.6) is 0 Å². The highest BCUT2D eigenvalue weighted by atomic mass is 16.1. The second-order valence-corrected chi connectivity index (χ2v) is 6.89. The van der Waals surface area contributed by atoms with Gasteiger partial charge in [0.05, 0.1) is 11.9 Å². The van der Waals surface area contributed by atoms with E-state index in [1.165, 1.54) is 0 Å². The summed E-state index contributed by atoms with van der Waals surface area (Å²) in [6, 6.07) is 7.56. The second-order valence-electron chi connectivity index (χ2n) is 6.89. The van der Waals surface area contributed by atoms with Crippen LogP contribution in [0.2, 0.25) is 0 Å². The molecule has 0 bridgehead atoms. The molecule has 1 amide bonds. The molecule has 1 aromatic heterocycles. The van der Waals surface area contributed by atoms with E-state index in [-0.39, 0.29) is 5.91 Å². The minimum Gasteiger partial charge on any atom is -0.352 e. The van der Waals surface area contributed by atoms with Gasteiger partial charge in [-0.2, -0.15) is 5.10 Å². The third-order valence-corrected chi connectivity index (χ3v) is 4.95. The molecule has 6 nitrogen and oxygen atoms in total. The SMILES string of the molecule is CCN1CCN(CCCNC(=O)c2ccc(-n3cc(C)cn3)cc2)CC1. The zero-order valence-electron chi connectivity index (χ0n) is 15.8. The number of nitrogens with one attached hydrogen (secondary N) is 1. The predicted molar refractivity (Wildman–Crippen MR) is 104 cm³/mol. The number of aromatic nitrogens is 2. The summed E-state index contributed by atoms with van der Waals surface area (Å²) in [5.41, 5.74) is 2.76. The monoisotopic (exact) mass is 355 g/mol. The Labute approximate surface area is 155 Å². The van der Waals surface area contributed by atoms with Gasteiger partial charge in [0.15, 0.2) is 0 Å². The van der Waals surface area contributed by atoms with Crippen molar-refractivity contribution in [1.82, 2.24) is 24.9 Å². The quantitative estimate of drug-likeness (QED) is 0.771.